The van der Waals surface area contributed by atoms with Crippen LogP contribution in [0.3, 0.4) is 0 Å². The Balaban J connectivity index is 1.53. The van der Waals surface area contributed by atoms with Crippen LogP contribution in [0.4, 0.5) is 0 Å². The van der Waals surface area contributed by atoms with Crippen LogP contribution in [0.25, 0.3) is 11.1 Å². The number of hydrogen-bond donors (Lipinski definition) is 1. The second-order valence-corrected chi connectivity index (χ2v) is 7.19. The molecule has 0 radical (unpaired) electrons. The van der Waals surface area contributed by atoms with Gasteiger partial charge in [0.25, 0.3) is 0 Å². The normalized spacial score (nSPS) is 21.7. The van der Waals surface area contributed by atoms with Crippen molar-refractivity contribution in [2.45, 2.75) is 31.6 Å². The molecule has 0 aliphatic heterocycles. The number of esters is 1. The number of benzene rings is 2. The lowest BCUT2D eigenvalue weighted by atomic mass is 9.79. The first kappa shape index (κ1) is 16.8. The van der Waals surface area contributed by atoms with Crippen LogP contribution >= 0.6 is 0 Å². The minimum Gasteiger partial charge on any atom is -0.481 e. The van der Waals surface area contributed by atoms with Crippen LogP contribution in [0.5, 0.6) is 0 Å². The molecular weight excluding hydrogens is 328 g/mol. The molecule has 2 aromatic carbocycles. The largest absolute Gasteiger partial charge is 0.481 e. The van der Waals surface area contributed by atoms with Crippen molar-refractivity contribution < 1.29 is 19.4 Å². The van der Waals surface area contributed by atoms with E-state index in [-0.39, 0.29) is 18.5 Å². The molecule has 0 heterocycles. The number of ether oxygens (including phenoxy) is 1. The van der Waals surface area contributed by atoms with E-state index in [0.717, 1.165) is 12.8 Å². The third-order valence-electron chi connectivity index (χ3n) is 5.74. The van der Waals surface area contributed by atoms with Crippen molar-refractivity contribution >= 4 is 11.9 Å². The maximum absolute atomic E-state index is 12.6. The first-order chi connectivity index (χ1) is 12.7. The molecule has 1 N–H and O–H groups in total. The van der Waals surface area contributed by atoms with Gasteiger partial charge in [0.15, 0.2) is 0 Å². The second kappa shape index (κ2) is 6.94. The van der Waals surface area contributed by atoms with Gasteiger partial charge < -0.3 is 9.84 Å². The molecule has 0 unspecified atom stereocenters. The number of aliphatic carboxylic acids is 1. The highest BCUT2D eigenvalue weighted by atomic mass is 16.5. The average Bonchev–Trinajstić information content (AvgIpc) is 3.00. The maximum Gasteiger partial charge on any atom is 0.309 e. The summed E-state index contributed by atoms with van der Waals surface area (Å²) in [6, 6.07) is 16.4. The van der Waals surface area contributed by atoms with E-state index < -0.39 is 17.8 Å². The van der Waals surface area contributed by atoms with Gasteiger partial charge in [-0.15, -0.1) is 0 Å². The minimum absolute atomic E-state index is 0.0122. The van der Waals surface area contributed by atoms with Crippen LogP contribution in [-0.4, -0.2) is 23.7 Å². The van der Waals surface area contributed by atoms with Crippen LogP contribution < -0.4 is 0 Å². The number of carboxylic acid groups (broad SMARTS) is 1. The first-order valence-electron chi connectivity index (χ1n) is 9.24. The summed E-state index contributed by atoms with van der Waals surface area (Å²) in [7, 11) is 0. The van der Waals surface area contributed by atoms with Gasteiger partial charge in [-0.2, -0.15) is 0 Å². The molecule has 4 rings (SSSR count). The SMILES string of the molecule is O=C(O)[C@H]1CCCC[C@@H]1C(=O)OCC1c2ccccc2-c2ccccc21. The predicted octanol–water partition coefficient (Wildman–Crippen LogP) is 4.23. The Morgan fingerprint density at radius 2 is 1.42 bits per heavy atom. The number of rotatable bonds is 4. The minimum atomic E-state index is -0.886. The number of fused-ring (bicyclic) bond motifs is 3. The topological polar surface area (TPSA) is 63.6 Å². The Labute approximate surface area is 152 Å². The summed E-state index contributed by atoms with van der Waals surface area (Å²) in [6.45, 7) is 0.260. The fraction of sp³-hybridized carbons (Fsp3) is 0.364. The molecular formula is C22H22O4. The summed E-state index contributed by atoms with van der Waals surface area (Å²) in [5, 5.41) is 9.39. The molecule has 1 fully saturated rings. The van der Waals surface area contributed by atoms with Crippen molar-refractivity contribution in [3.05, 3.63) is 59.7 Å². The Kier molecular flexibility index (Phi) is 4.49. The lowest BCUT2D eigenvalue weighted by Crippen LogP contribution is -2.34. The standard InChI is InChI=1S/C22H22O4/c23-21(24)18-11-5-6-12-19(18)22(25)26-13-20-16-9-3-1-7-14(16)15-8-2-4-10-17(15)20/h1-4,7-10,18-20H,5-6,11-13H2,(H,23,24)/t18-,19-/m0/s1. The maximum atomic E-state index is 12.6. The predicted molar refractivity (Wildman–Crippen MR) is 97.8 cm³/mol. The van der Waals surface area contributed by atoms with Gasteiger partial charge in [0, 0.05) is 5.92 Å². The van der Waals surface area contributed by atoms with E-state index >= 15 is 0 Å². The van der Waals surface area contributed by atoms with E-state index in [0.29, 0.717) is 12.8 Å². The fourth-order valence-electron chi connectivity index (χ4n) is 4.42. The van der Waals surface area contributed by atoms with E-state index in [9.17, 15) is 14.7 Å². The van der Waals surface area contributed by atoms with E-state index in [2.05, 4.69) is 24.3 Å². The molecule has 4 nitrogen and oxygen atoms in total. The van der Waals surface area contributed by atoms with Crippen molar-refractivity contribution in [3.63, 3.8) is 0 Å². The molecule has 2 aliphatic carbocycles. The molecule has 0 spiro atoms. The number of carboxylic acids is 1. The molecule has 0 saturated heterocycles. The molecule has 134 valence electrons. The summed E-state index contributed by atoms with van der Waals surface area (Å²) >= 11 is 0. The van der Waals surface area contributed by atoms with Crippen molar-refractivity contribution in [3.8, 4) is 11.1 Å². The lowest BCUT2D eigenvalue weighted by molar-refractivity contribution is -0.159. The molecule has 4 heteroatoms. The molecule has 2 atom stereocenters. The van der Waals surface area contributed by atoms with Gasteiger partial charge in [-0.3, -0.25) is 9.59 Å². The van der Waals surface area contributed by atoms with Crippen molar-refractivity contribution in [2.75, 3.05) is 6.61 Å². The second-order valence-electron chi connectivity index (χ2n) is 7.19. The number of carbonyl (C=O) groups is 2. The Morgan fingerprint density at radius 3 is 2.00 bits per heavy atom. The molecule has 0 aromatic heterocycles. The van der Waals surface area contributed by atoms with Crippen LogP contribution in [0, 0.1) is 11.8 Å². The van der Waals surface area contributed by atoms with Crippen molar-refractivity contribution in [1.29, 1.82) is 0 Å². The van der Waals surface area contributed by atoms with Gasteiger partial charge in [0.2, 0.25) is 0 Å². The van der Waals surface area contributed by atoms with Crippen LogP contribution in [-0.2, 0) is 14.3 Å². The van der Waals surface area contributed by atoms with Gasteiger partial charge in [-0.1, -0.05) is 61.4 Å². The highest BCUT2D eigenvalue weighted by Crippen LogP contribution is 2.44. The third-order valence-corrected chi connectivity index (χ3v) is 5.74. The number of hydrogen-bond acceptors (Lipinski definition) is 3. The zero-order chi connectivity index (χ0) is 18.1. The van der Waals surface area contributed by atoms with Gasteiger partial charge in [-0.05, 0) is 35.1 Å². The monoisotopic (exact) mass is 350 g/mol. The third kappa shape index (κ3) is 2.90. The summed E-state index contributed by atoms with van der Waals surface area (Å²) in [5.74, 6) is -2.37. The first-order valence-corrected chi connectivity index (χ1v) is 9.24. The fourth-order valence-corrected chi connectivity index (χ4v) is 4.42. The quantitative estimate of drug-likeness (QED) is 0.838. The van der Waals surface area contributed by atoms with Gasteiger partial charge in [0.1, 0.15) is 6.61 Å². The van der Waals surface area contributed by atoms with E-state index in [1.54, 1.807) is 0 Å². The zero-order valence-corrected chi connectivity index (χ0v) is 14.6. The lowest BCUT2D eigenvalue weighted by Gasteiger charge is -2.27. The summed E-state index contributed by atoms with van der Waals surface area (Å²) in [6.07, 6.45) is 2.92. The van der Waals surface area contributed by atoms with Crippen LogP contribution in [0.2, 0.25) is 0 Å². The van der Waals surface area contributed by atoms with Crippen molar-refractivity contribution in [2.24, 2.45) is 11.8 Å². The Hall–Kier alpha value is -2.62. The molecule has 0 bridgehead atoms. The van der Waals surface area contributed by atoms with Crippen LogP contribution in [0.15, 0.2) is 48.5 Å². The molecule has 0 amide bonds. The summed E-state index contributed by atoms with van der Waals surface area (Å²) in [4.78, 5) is 24.1. The summed E-state index contributed by atoms with van der Waals surface area (Å²) < 4.78 is 5.66. The van der Waals surface area contributed by atoms with Gasteiger partial charge in [0.05, 0.1) is 11.8 Å². The molecule has 1 saturated carbocycles. The van der Waals surface area contributed by atoms with Gasteiger partial charge >= 0.3 is 11.9 Å². The Morgan fingerprint density at radius 1 is 0.885 bits per heavy atom. The highest BCUT2D eigenvalue weighted by Gasteiger charge is 2.37. The zero-order valence-electron chi connectivity index (χ0n) is 14.6. The highest BCUT2D eigenvalue weighted by molar-refractivity contribution is 5.82. The summed E-state index contributed by atoms with van der Waals surface area (Å²) in [5.41, 5.74) is 4.70. The molecule has 2 aromatic rings. The van der Waals surface area contributed by atoms with E-state index in [1.165, 1.54) is 22.3 Å². The molecule has 26 heavy (non-hydrogen) atoms. The number of carbonyl (C=O) groups excluding carboxylic acids is 1. The van der Waals surface area contributed by atoms with Crippen LogP contribution in [0.1, 0.15) is 42.7 Å². The average molecular weight is 350 g/mol. The smallest absolute Gasteiger partial charge is 0.309 e. The Bertz CT molecular complexity index is 796. The van der Waals surface area contributed by atoms with E-state index in [4.69, 9.17) is 4.74 Å². The molecule has 2 aliphatic rings. The van der Waals surface area contributed by atoms with Crippen molar-refractivity contribution in [1.82, 2.24) is 0 Å². The van der Waals surface area contributed by atoms with Gasteiger partial charge in [-0.25, -0.2) is 0 Å². The van der Waals surface area contributed by atoms with E-state index in [1.807, 2.05) is 24.3 Å².